The Balaban J connectivity index is 2.00. The molecule has 0 spiro atoms. The number of quaternary nitrogens is 1. The molecule has 0 unspecified atom stereocenters. The molecule has 2 heterocycles. The van der Waals surface area contributed by atoms with Crippen LogP contribution in [0.25, 0.3) is 11.0 Å². The lowest BCUT2D eigenvalue weighted by Crippen LogP contribution is -3.06. The number of carbonyl (C=O) groups excluding carboxylic acids is 1. The lowest BCUT2D eigenvalue weighted by molar-refractivity contribution is -0.856. The highest BCUT2D eigenvalue weighted by Gasteiger charge is 2.16. The molecule has 3 aromatic rings. The van der Waals surface area contributed by atoms with E-state index in [-0.39, 0.29) is 17.0 Å². The van der Waals surface area contributed by atoms with Crippen LogP contribution in [-0.2, 0) is 6.54 Å². The SMILES string of the molecule is Cc1ccc(Cn2c(=O)c(C(=O)NCC[NH+](C)C)cc3cccnc32)cc1. The second-order valence-electron chi connectivity index (χ2n) is 7.06. The van der Waals surface area contributed by atoms with Crippen molar-refractivity contribution in [3.05, 3.63) is 75.7 Å². The summed E-state index contributed by atoms with van der Waals surface area (Å²) in [6, 6.07) is 13.3. The number of hydrogen-bond acceptors (Lipinski definition) is 3. The Morgan fingerprint density at radius 1 is 1.19 bits per heavy atom. The zero-order valence-electron chi connectivity index (χ0n) is 16.0. The van der Waals surface area contributed by atoms with Crippen LogP contribution in [0.5, 0.6) is 0 Å². The number of amides is 1. The first kappa shape index (κ1) is 18.8. The van der Waals surface area contributed by atoms with Gasteiger partial charge in [-0.2, -0.15) is 0 Å². The van der Waals surface area contributed by atoms with E-state index in [4.69, 9.17) is 0 Å². The lowest BCUT2D eigenvalue weighted by atomic mass is 10.1. The zero-order valence-corrected chi connectivity index (χ0v) is 16.0. The summed E-state index contributed by atoms with van der Waals surface area (Å²) in [7, 11) is 4.03. The van der Waals surface area contributed by atoms with Gasteiger partial charge < -0.3 is 10.2 Å². The molecule has 6 nitrogen and oxygen atoms in total. The van der Waals surface area contributed by atoms with Gasteiger partial charge in [0, 0.05) is 11.6 Å². The summed E-state index contributed by atoms with van der Waals surface area (Å²) in [6.07, 6.45) is 1.66. The average Bonchev–Trinajstić information content (AvgIpc) is 2.65. The molecule has 0 aliphatic rings. The molecule has 0 bridgehead atoms. The van der Waals surface area contributed by atoms with Crippen molar-refractivity contribution in [1.82, 2.24) is 14.9 Å². The molecule has 0 saturated heterocycles. The summed E-state index contributed by atoms with van der Waals surface area (Å²) in [4.78, 5) is 31.2. The number of hydrogen-bond donors (Lipinski definition) is 2. The quantitative estimate of drug-likeness (QED) is 0.673. The second kappa shape index (κ2) is 8.14. The van der Waals surface area contributed by atoms with Gasteiger partial charge in [-0.15, -0.1) is 0 Å². The molecule has 0 aliphatic heterocycles. The minimum absolute atomic E-state index is 0.149. The monoisotopic (exact) mass is 365 g/mol. The van der Waals surface area contributed by atoms with E-state index in [1.165, 1.54) is 4.90 Å². The number of rotatable bonds is 6. The van der Waals surface area contributed by atoms with Crippen molar-refractivity contribution in [3.8, 4) is 0 Å². The molecule has 0 radical (unpaired) electrons. The average molecular weight is 365 g/mol. The maximum Gasteiger partial charge on any atom is 0.265 e. The van der Waals surface area contributed by atoms with Crippen LogP contribution in [0.4, 0.5) is 0 Å². The molecule has 1 amide bonds. The molecular formula is C21H25N4O2+. The highest BCUT2D eigenvalue weighted by Crippen LogP contribution is 2.13. The van der Waals surface area contributed by atoms with Crippen molar-refractivity contribution in [2.45, 2.75) is 13.5 Å². The predicted octanol–water partition coefficient (Wildman–Crippen LogP) is 0.628. The minimum atomic E-state index is -0.343. The van der Waals surface area contributed by atoms with Crippen molar-refractivity contribution >= 4 is 16.9 Å². The van der Waals surface area contributed by atoms with E-state index in [1.807, 2.05) is 51.4 Å². The summed E-state index contributed by atoms with van der Waals surface area (Å²) in [6.45, 7) is 3.70. The predicted molar refractivity (Wildman–Crippen MR) is 106 cm³/mol. The number of pyridine rings is 2. The van der Waals surface area contributed by atoms with E-state index in [2.05, 4.69) is 10.3 Å². The largest absolute Gasteiger partial charge is 0.346 e. The minimum Gasteiger partial charge on any atom is -0.346 e. The summed E-state index contributed by atoms with van der Waals surface area (Å²) in [5.74, 6) is -0.343. The Hall–Kier alpha value is -2.99. The molecule has 0 atom stereocenters. The van der Waals surface area contributed by atoms with Gasteiger partial charge in [0.1, 0.15) is 11.2 Å². The number of aryl methyl sites for hydroxylation is 1. The van der Waals surface area contributed by atoms with Gasteiger partial charge in [-0.25, -0.2) is 4.98 Å². The fraction of sp³-hybridized carbons (Fsp3) is 0.286. The number of fused-ring (bicyclic) bond motifs is 1. The van der Waals surface area contributed by atoms with E-state index in [9.17, 15) is 9.59 Å². The van der Waals surface area contributed by atoms with Crippen LogP contribution in [-0.4, -0.2) is 42.6 Å². The number of nitrogens with zero attached hydrogens (tertiary/aromatic N) is 2. The van der Waals surface area contributed by atoms with Gasteiger partial charge in [0.25, 0.3) is 11.5 Å². The third-order valence-electron chi connectivity index (χ3n) is 4.46. The molecule has 0 aliphatic carbocycles. The van der Waals surface area contributed by atoms with Gasteiger partial charge in [0.2, 0.25) is 0 Å². The Morgan fingerprint density at radius 3 is 2.63 bits per heavy atom. The summed E-state index contributed by atoms with van der Waals surface area (Å²) in [5, 5.41) is 3.61. The summed E-state index contributed by atoms with van der Waals surface area (Å²) in [5.41, 5.74) is 2.55. The standard InChI is InChI=1S/C21H24N4O2/c1-15-6-8-16(9-7-15)14-25-19-17(5-4-10-22-19)13-18(21(25)27)20(26)23-11-12-24(2)3/h4-10,13H,11-12,14H2,1-3H3,(H,23,26)/p+1. The van der Waals surface area contributed by atoms with Crippen LogP contribution in [0.2, 0.25) is 0 Å². The van der Waals surface area contributed by atoms with Crippen molar-refractivity contribution in [2.24, 2.45) is 0 Å². The number of benzene rings is 1. The lowest BCUT2D eigenvalue weighted by Gasteiger charge is -2.13. The van der Waals surface area contributed by atoms with E-state index in [0.717, 1.165) is 23.1 Å². The molecule has 27 heavy (non-hydrogen) atoms. The maximum absolute atomic E-state index is 13.0. The molecule has 140 valence electrons. The summed E-state index contributed by atoms with van der Waals surface area (Å²) < 4.78 is 1.58. The van der Waals surface area contributed by atoms with Crippen LogP contribution < -0.4 is 15.8 Å². The normalized spacial score (nSPS) is 11.1. The molecule has 2 N–H and O–H groups in total. The second-order valence-corrected chi connectivity index (χ2v) is 7.06. The Labute approximate surface area is 158 Å². The van der Waals surface area contributed by atoms with E-state index in [1.54, 1.807) is 22.9 Å². The fourth-order valence-corrected chi connectivity index (χ4v) is 2.91. The third kappa shape index (κ3) is 4.41. The van der Waals surface area contributed by atoms with E-state index in [0.29, 0.717) is 18.7 Å². The van der Waals surface area contributed by atoms with Gasteiger partial charge in [0.05, 0.1) is 33.7 Å². The molecule has 1 aromatic carbocycles. The van der Waals surface area contributed by atoms with Crippen molar-refractivity contribution in [2.75, 3.05) is 27.2 Å². The summed E-state index contributed by atoms with van der Waals surface area (Å²) >= 11 is 0. The molecule has 2 aromatic heterocycles. The topological polar surface area (TPSA) is 68.4 Å². The smallest absolute Gasteiger partial charge is 0.265 e. The van der Waals surface area contributed by atoms with Gasteiger partial charge >= 0.3 is 0 Å². The first-order valence-corrected chi connectivity index (χ1v) is 9.07. The molecule has 0 fully saturated rings. The number of aromatic nitrogens is 2. The Kier molecular flexibility index (Phi) is 5.66. The number of likely N-dealkylation sites (N-methyl/N-ethyl adjacent to an activating group) is 1. The molecular weight excluding hydrogens is 340 g/mol. The third-order valence-corrected chi connectivity index (χ3v) is 4.46. The van der Waals surface area contributed by atoms with Gasteiger partial charge in [-0.05, 0) is 30.7 Å². The number of nitrogens with one attached hydrogen (secondary N) is 2. The van der Waals surface area contributed by atoms with Crippen molar-refractivity contribution < 1.29 is 9.69 Å². The van der Waals surface area contributed by atoms with Crippen molar-refractivity contribution in [3.63, 3.8) is 0 Å². The van der Waals surface area contributed by atoms with Crippen LogP contribution in [0, 0.1) is 6.92 Å². The molecule has 6 heteroatoms. The van der Waals surface area contributed by atoms with E-state index >= 15 is 0 Å². The first-order valence-electron chi connectivity index (χ1n) is 9.07. The zero-order chi connectivity index (χ0) is 19.4. The van der Waals surface area contributed by atoms with Gasteiger partial charge in [0.15, 0.2) is 0 Å². The highest BCUT2D eigenvalue weighted by molar-refractivity contribution is 5.96. The van der Waals surface area contributed by atoms with Crippen molar-refractivity contribution in [1.29, 1.82) is 0 Å². The van der Waals surface area contributed by atoms with Crippen LogP contribution in [0.1, 0.15) is 21.5 Å². The van der Waals surface area contributed by atoms with Crippen LogP contribution in [0.3, 0.4) is 0 Å². The molecule has 0 saturated carbocycles. The first-order chi connectivity index (χ1) is 13.0. The Bertz CT molecular complexity index is 1010. The Morgan fingerprint density at radius 2 is 1.93 bits per heavy atom. The van der Waals surface area contributed by atoms with Crippen LogP contribution in [0.15, 0.2) is 53.5 Å². The molecule has 3 rings (SSSR count). The van der Waals surface area contributed by atoms with Crippen LogP contribution >= 0.6 is 0 Å². The number of carbonyl (C=O) groups is 1. The maximum atomic E-state index is 13.0. The van der Waals surface area contributed by atoms with Gasteiger partial charge in [-0.3, -0.25) is 14.2 Å². The van der Waals surface area contributed by atoms with Gasteiger partial charge in [-0.1, -0.05) is 29.8 Å². The van der Waals surface area contributed by atoms with E-state index < -0.39 is 0 Å². The highest BCUT2D eigenvalue weighted by atomic mass is 16.2. The fourth-order valence-electron chi connectivity index (χ4n) is 2.91.